The summed E-state index contributed by atoms with van der Waals surface area (Å²) in [7, 11) is 0. The Kier molecular flexibility index (Phi) is 5.39. The van der Waals surface area contributed by atoms with Gasteiger partial charge in [-0.05, 0) is 31.6 Å². The number of benzene rings is 2. The van der Waals surface area contributed by atoms with Crippen molar-refractivity contribution in [2.75, 3.05) is 13.2 Å². The third-order valence-corrected chi connectivity index (χ3v) is 5.95. The van der Waals surface area contributed by atoms with E-state index < -0.39 is 42.1 Å². The average molecular weight is 438 g/mol. The Balaban J connectivity index is 1.36. The molecule has 7 nitrogen and oxygen atoms in total. The molecular formula is C25H26O7. The molecule has 3 saturated heterocycles. The lowest BCUT2D eigenvalue weighted by molar-refractivity contribution is -0.310. The van der Waals surface area contributed by atoms with Crippen LogP contribution in [-0.4, -0.2) is 49.1 Å². The minimum Gasteiger partial charge on any atom is -0.457 e. The largest absolute Gasteiger partial charge is 0.457 e. The summed E-state index contributed by atoms with van der Waals surface area (Å²) < 4.78 is 36.3. The molecule has 0 bridgehead atoms. The van der Waals surface area contributed by atoms with Crippen LogP contribution in [0.5, 0.6) is 0 Å². The first-order valence-corrected chi connectivity index (χ1v) is 10.6. The first kappa shape index (κ1) is 21.3. The molecule has 168 valence electrons. The third kappa shape index (κ3) is 3.76. The number of carbonyl (C=O) groups excluding carboxylic acids is 1. The van der Waals surface area contributed by atoms with Crippen LogP contribution in [0.4, 0.5) is 0 Å². The monoisotopic (exact) mass is 438 g/mol. The van der Waals surface area contributed by atoms with Crippen LogP contribution in [0.1, 0.15) is 36.1 Å². The second-order valence-electron chi connectivity index (χ2n) is 8.63. The fourth-order valence-corrected chi connectivity index (χ4v) is 4.37. The highest BCUT2D eigenvalue weighted by atomic mass is 16.9. The molecule has 0 radical (unpaired) electrons. The smallest absolute Gasteiger partial charge is 0.338 e. The summed E-state index contributed by atoms with van der Waals surface area (Å²) in [5.41, 5.74) is 0.822. The molecule has 0 aliphatic carbocycles. The summed E-state index contributed by atoms with van der Waals surface area (Å²) in [6.45, 7) is 7.95. The maximum Gasteiger partial charge on any atom is 0.338 e. The van der Waals surface area contributed by atoms with Gasteiger partial charge < -0.3 is 28.4 Å². The average Bonchev–Trinajstić information content (AvgIpc) is 3.27. The van der Waals surface area contributed by atoms with E-state index in [1.807, 2.05) is 50.2 Å². The van der Waals surface area contributed by atoms with Gasteiger partial charge in [0, 0.05) is 5.56 Å². The highest BCUT2D eigenvalue weighted by Gasteiger charge is 2.66. The minimum atomic E-state index is -1.06. The van der Waals surface area contributed by atoms with Crippen LogP contribution >= 0.6 is 0 Å². The summed E-state index contributed by atoms with van der Waals surface area (Å²) in [6, 6.07) is 18.5. The van der Waals surface area contributed by atoms with E-state index in [-0.39, 0.29) is 13.2 Å². The molecule has 3 fully saturated rings. The molecule has 0 saturated carbocycles. The van der Waals surface area contributed by atoms with E-state index in [0.29, 0.717) is 11.1 Å². The quantitative estimate of drug-likeness (QED) is 0.520. The first-order chi connectivity index (χ1) is 15.4. The highest BCUT2D eigenvalue weighted by molar-refractivity contribution is 5.89. The lowest BCUT2D eigenvalue weighted by Crippen LogP contribution is -2.56. The Hall–Kier alpha value is -2.55. The van der Waals surface area contributed by atoms with Gasteiger partial charge in [-0.2, -0.15) is 0 Å². The summed E-state index contributed by atoms with van der Waals surface area (Å²) in [5.74, 6) is -1.24. The van der Waals surface area contributed by atoms with Gasteiger partial charge >= 0.3 is 5.97 Å². The summed E-state index contributed by atoms with van der Waals surface area (Å²) in [6.07, 6.45) is -2.24. The van der Waals surface area contributed by atoms with Gasteiger partial charge in [-0.25, -0.2) is 4.79 Å². The fourth-order valence-electron chi connectivity index (χ4n) is 4.37. The highest BCUT2D eigenvalue weighted by Crippen LogP contribution is 2.50. The predicted molar refractivity (Wildman–Crippen MR) is 114 cm³/mol. The number of esters is 1. The normalized spacial score (nSPS) is 32.7. The number of hydrogen-bond donors (Lipinski definition) is 0. The maximum atomic E-state index is 12.4. The zero-order valence-corrected chi connectivity index (χ0v) is 18.1. The van der Waals surface area contributed by atoms with Crippen LogP contribution in [0.15, 0.2) is 72.8 Å². The number of ether oxygens (including phenoxy) is 6. The van der Waals surface area contributed by atoms with Gasteiger partial charge in [-0.15, -0.1) is 0 Å². The van der Waals surface area contributed by atoms with Crippen molar-refractivity contribution in [2.45, 2.75) is 50.0 Å². The van der Waals surface area contributed by atoms with Crippen molar-refractivity contribution in [3.63, 3.8) is 0 Å². The molecule has 3 aliphatic rings. The molecule has 0 spiro atoms. The van der Waals surface area contributed by atoms with Gasteiger partial charge in [-0.3, -0.25) is 0 Å². The molecule has 32 heavy (non-hydrogen) atoms. The van der Waals surface area contributed by atoms with Crippen molar-refractivity contribution >= 4 is 5.97 Å². The lowest BCUT2D eigenvalue weighted by Gasteiger charge is -2.43. The second-order valence-corrected chi connectivity index (χ2v) is 8.63. The van der Waals surface area contributed by atoms with Crippen molar-refractivity contribution in [1.82, 2.24) is 0 Å². The van der Waals surface area contributed by atoms with Gasteiger partial charge in [0.25, 0.3) is 0 Å². The minimum absolute atomic E-state index is 0.0458. The van der Waals surface area contributed by atoms with Gasteiger partial charge in [0.05, 0.1) is 12.2 Å². The number of carbonyl (C=O) groups is 1. The number of rotatable bonds is 5. The van der Waals surface area contributed by atoms with E-state index in [0.717, 1.165) is 5.56 Å². The fraction of sp³-hybridized carbons (Fsp3) is 0.400. The lowest BCUT2D eigenvalue weighted by atomic mass is 9.87. The standard InChI is InChI=1S/C25H26O7/c1-16(14-27-21(26)17-10-6-4-7-11-17)25-15-28-22(18-12-8-5-9-13-18)29-20(25)19-23(32-25)31-24(2,3)30-19/h4-13,19-20,22-23H,1,14-15H2,2-3H3/t19-,20-,22?,23+,25+/m1/s1. The molecule has 1 unspecified atom stereocenters. The van der Waals surface area contributed by atoms with Crippen LogP contribution in [0.2, 0.25) is 0 Å². The summed E-state index contributed by atoms with van der Waals surface area (Å²) in [4.78, 5) is 12.4. The van der Waals surface area contributed by atoms with E-state index in [1.165, 1.54) is 0 Å². The summed E-state index contributed by atoms with van der Waals surface area (Å²) >= 11 is 0. The molecule has 2 aromatic rings. The Morgan fingerprint density at radius 3 is 2.44 bits per heavy atom. The van der Waals surface area contributed by atoms with Crippen LogP contribution in [0, 0.1) is 0 Å². The predicted octanol–water partition coefficient (Wildman–Crippen LogP) is 3.76. The van der Waals surface area contributed by atoms with Gasteiger partial charge in [0.1, 0.15) is 24.4 Å². The van der Waals surface area contributed by atoms with E-state index in [4.69, 9.17) is 28.4 Å². The third-order valence-electron chi connectivity index (χ3n) is 5.95. The van der Waals surface area contributed by atoms with E-state index >= 15 is 0 Å². The van der Waals surface area contributed by atoms with Gasteiger partial charge in [-0.1, -0.05) is 55.1 Å². The molecule has 0 aromatic heterocycles. The van der Waals surface area contributed by atoms with E-state index in [1.54, 1.807) is 24.3 Å². The molecular weight excluding hydrogens is 412 g/mol. The van der Waals surface area contributed by atoms with Crippen molar-refractivity contribution in [3.05, 3.63) is 83.9 Å². The number of hydrogen-bond acceptors (Lipinski definition) is 7. The Labute approximate surface area is 186 Å². The Morgan fingerprint density at radius 1 is 1.03 bits per heavy atom. The van der Waals surface area contributed by atoms with E-state index in [9.17, 15) is 4.79 Å². The molecule has 5 atom stereocenters. The van der Waals surface area contributed by atoms with E-state index in [2.05, 4.69) is 6.58 Å². The molecule has 0 N–H and O–H groups in total. The van der Waals surface area contributed by atoms with Crippen molar-refractivity contribution in [2.24, 2.45) is 0 Å². The number of fused-ring (bicyclic) bond motifs is 3. The van der Waals surface area contributed by atoms with Gasteiger partial charge in [0.15, 0.2) is 18.4 Å². The van der Waals surface area contributed by atoms with Crippen LogP contribution in [0.3, 0.4) is 0 Å². The molecule has 7 heteroatoms. The van der Waals surface area contributed by atoms with Gasteiger partial charge in [0.2, 0.25) is 0 Å². The molecule has 3 heterocycles. The van der Waals surface area contributed by atoms with Crippen LogP contribution in [-0.2, 0) is 28.4 Å². The zero-order valence-electron chi connectivity index (χ0n) is 18.1. The molecule has 5 rings (SSSR count). The summed E-state index contributed by atoms with van der Waals surface area (Å²) in [5, 5.41) is 0. The Morgan fingerprint density at radius 2 is 1.72 bits per heavy atom. The zero-order chi connectivity index (χ0) is 22.3. The van der Waals surface area contributed by atoms with Crippen LogP contribution < -0.4 is 0 Å². The van der Waals surface area contributed by atoms with Crippen molar-refractivity contribution in [3.8, 4) is 0 Å². The Bertz CT molecular complexity index is 990. The molecule has 0 amide bonds. The first-order valence-electron chi connectivity index (χ1n) is 10.6. The maximum absolute atomic E-state index is 12.4. The second kappa shape index (κ2) is 8.10. The van der Waals surface area contributed by atoms with Crippen molar-refractivity contribution in [1.29, 1.82) is 0 Å². The van der Waals surface area contributed by atoms with Crippen molar-refractivity contribution < 1.29 is 33.2 Å². The SMILES string of the molecule is C=C(COC(=O)c1ccccc1)[C@@]12COC(c3ccccc3)O[C@@H]1[C@H]1OC(C)(C)O[C@H]1O2. The van der Waals surface area contributed by atoms with Crippen LogP contribution in [0.25, 0.3) is 0 Å². The molecule has 2 aromatic carbocycles. The topological polar surface area (TPSA) is 72.5 Å². The molecule has 3 aliphatic heterocycles.